The van der Waals surface area contributed by atoms with Crippen LogP contribution in [0.15, 0.2) is 0 Å². The smallest absolute Gasteiger partial charge is 0.308 e. The molecule has 1 saturated heterocycles. The highest BCUT2D eigenvalue weighted by atomic mass is 16.5. The lowest BCUT2D eigenvalue weighted by atomic mass is 9.79. The Bertz CT molecular complexity index is 386. The van der Waals surface area contributed by atoms with E-state index in [-0.39, 0.29) is 18.4 Å². The van der Waals surface area contributed by atoms with Crippen LogP contribution >= 0.6 is 0 Å². The molecule has 2 atom stereocenters. The number of amides is 1. The predicted octanol–water partition coefficient (Wildman–Crippen LogP) is 2.84. The number of hydrogen-bond acceptors (Lipinski definition) is 3. The van der Waals surface area contributed by atoms with Gasteiger partial charge in [-0.3, -0.25) is 9.59 Å². The maximum atomic E-state index is 12.2. The molecule has 1 saturated carbocycles. The quantitative estimate of drug-likeness (QED) is 0.755. The van der Waals surface area contributed by atoms with Crippen molar-refractivity contribution in [2.75, 3.05) is 19.8 Å². The summed E-state index contributed by atoms with van der Waals surface area (Å²) in [6.45, 7) is 3.65. The molecule has 2 aliphatic rings. The van der Waals surface area contributed by atoms with E-state index in [1.165, 1.54) is 32.1 Å². The van der Waals surface area contributed by atoms with Crippen LogP contribution in [0.5, 0.6) is 0 Å². The highest BCUT2D eigenvalue weighted by Gasteiger charge is 2.30. The maximum Gasteiger partial charge on any atom is 0.308 e. The number of nitrogens with one attached hydrogen (secondary N) is 1. The SMILES string of the molecule is CC(CC(=O)NCC(C(=O)O)C1CCOCC1)C1CCCCC1. The Morgan fingerprint density at radius 2 is 1.74 bits per heavy atom. The molecule has 2 unspecified atom stereocenters. The third-order valence-electron chi connectivity index (χ3n) is 5.63. The van der Waals surface area contributed by atoms with Crippen molar-refractivity contribution in [1.29, 1.82) is 0 Å². The molecular weight excluding hydrogens is 294 g/mol. The lowest BCUT2D eigenvalue weighted by Crippen LogP contribution is -2.39. The number of carbonyl (C=O) groups is 2. The van der Waals surface area contributed by atoms with Gasteiger partial charge >= 0.3 is 5.97 Å². The van der Waals surface area contributed by atoms with E-state index in [0.29, 0.717) is 31.5 Å². The van der Waals surface area contributed by atoms with E-state index < -0.39 is 11.9 Å². The van der Waals surface area contributed by atoms with Crippen LogP contribution in [0.3, 0.4) is 0 Å². The van der Waals surface area contributed by atoms with Crippen LogP contribution in [0.4, 0.5) is 0 Å². The summed E-state index contributed by atoms with van der Waals surface area (Å²) < 4.78 is 5.29. The lowest BCUT2D eigenvalue weighted by molar-refractivity contribution is -0.145. The van der Waals surface area contributed by atoms with E-state index >= 15 is 0 Å². The normalized spacial score (nSPS) is 23.2. The van der Waals surface area contributed by atoms with E-state index in [1.807, 2.05) is 0 Å². The number of carbonyl (C=O) groups excluding carboxylic acids is 1. The summed E-state index contributed by atoms with van der Waals surface area (Å²) in [6, 6.07) is 0. The first-order valence-electron chi connectivity index (χ1n) is 9.15. The average molecular weight is 325 g/mol. The van der Waals surface area contributed by atoms with Crippen LogP contribution in [0.25, 0.3) is 0 Å². The minimum Gasteiger partial charge on any atom is -0.481 e. The van der Waals surface area contributed by atoms with Gasteiger partial charge in [0.2, 0.25) is 5.91 Å². The first-order chi connectivity index (χ1) is 11.1. The Balaban J connectivity index is 1.75. The van der Waals surface area contributed by atoms with Gasteiger partial charge in [-0.25, -0.2) is 0 Å². The fraction of sp³-hybridized carbons (Fsp3) is 0.889. The van der Waals surface area contributed by atoms with Crippen molar-refractivity contribution in [3.63, 3.8) is 0 Å². The van der Waals surface area contributed by atoms with Gasteiger partial charge in [-0.1, -0.05) is 39.0 Å². The van der Waals surface area contributed by atoms with Gasteiger partial charge in [-0.15, -0.1) is 0 Å². The number of carboxylic acids is 1. The summed E-state index contributed by atoms with van der Waals surface area (Å²) >= 11 is 0. The Labute approximate surface area is 139 Å². The molecule has 0 aromatic heterocycles. The second-order valence-electron chi connectivity index (χ2n) is 7.28. The third kappa shape index (κ3) is 5.79. The van der Waals surface area contributed by atoms with Crippen molar-refractivity contribution in [3.8, 4) is 0 Å². The number of aliphatic carboxylic acids is 1. The van der Waals surface area contributed by atoms with E-state index in [0.717, 1.165) is 12.8 Å². The van der Waals surface area contributed by atoms with E-state index in [1.54, 1.807) is 0 Å². The Morgan fingerprint density at radius 3 is 2.35 bits per heavy atom. The van der Waals surface area contributed by atoms with Crippen LogP contribution in [-0.2, 0) is 14.3 Å². The van der Waals surface area contributed by atoms with Gasteiger partial charge in [0, 0.05) is 26.2 Å². The molecule has 2 N–H and O–H groups in total. The largest absolute Gasteiger partial charge is 0.481 e. The Kier molecular flexibility index (Phi) is 7.34. The van der Waals surface area contributed by atoms with Crippen LogP contribution in [-0.4, -0.2) is 36.7 Å². The standard InChI is InChI=1S/C18H31NO4/c1-13(14-5-3-2-4-6-14)11-17(20)19-12-16(18(21)22)15-7-9-23-10-8-15/h13-16H,2-12H2,1H3,(H,19,20)(H,21,22). The summed E-state index contributed by atoms with van der Waals surface area (Å²) in [5, 5.41) is 12.3. The first kappa shape index (κ1) is 18.2. The minimum atomic E-state index is -0.808. The maximum absolute atomic E-state index is 12.2. The summed E-state index contributed by atoms with van der Waals surface area (Å²) in [6.07, 6.45) is 8.40. The number of hydrogen-bond donors (Lipinski definition) is 2. The minimum absolute atomic E-state index is 0.00128. The van der Waals surface area contributed by atoms with E-state index in [4.69, 9.17) is 4.74 Å². The number of carboxylic acid groups (broad SMARTS) is 1. The zero-order valence-electron chi connectivity index (χ0n) is 14.3. The highest BCUT2D eigenvalue weighted by molar-refractivity contribution is 5.77. The van der Waals surface area contributed by atoms with Crippen LogP contribution in [0.1, 0.15) is 58.3 Å². The molecular formula is C18H31NO4. The van der Waals surface area contributed by atoms with Gasteiger partial charge in [0.25, 0.3) is 0 Å². The topological polar surface area (TPSA) is 75.6 Å². The molecule has 2 fully saturated rings. The Morgan fingerprint density at radius 1 is 1.09 bits per heavy atom. The monoisotopic (exact) mass is 325 g/mol. The predicted molar refractivity (Wildman–Crippen MR) is 88.0 cm³/mol. The van der Waals surface area contributed by atoms with E-state index in [2.05, 4.69) is 12.2 Å². The Hall–Kier alpha value is -1.10. The molecule has 5 heteroatoms. The third-order valence-corrected chi connectivity index (χ3v) is 5.63. The average Bonchev–Trinajstić information content (AvgIpc) is 2.56. The van der Waals surface area contributed by atoms with Gasteiger partial charge in [-0.05, 0) is 30.6 Å². The second-order valence-corrected chi connectivity index (χ2v) is 7.28. The van der Waals surface area contributed by atoms with Crippen molar-refractivity contribution in [2.24, 2.45) is 23.7 Å². The number of ether oxygens (including phenoxy) is 1. The van der Waals surface area contributed by atoms with Crippen molar-refractivity contribution in [3.05, 3.63) is 0 Å². The van der Waals surface area contributed by atoms with Gasteiger partial charge in [0.05, 0.1) is 5.92 Å². The molecule has 1 heterocycles. The van der Waals surface area contributed by atoms with Crippen molar-refractivity contribution in [2.45, 2.75) is 58.3 Å². The van der Waals surface area contributed by atoms with Crippen molar-refractivity contribution in [1.82, 2.24) is 5.32 Å². The fourth-order valence-electron chi connectivity index (χ4n) is 4.03. The van der Waals surface area contributed by atoms with Crippen LogP contribution < -0.4 is 5.32 Å². The zero-order chi connectivity index (χ0) is 16.7. The second kappa shape index (κ2) is 9.26. The molecule has 23 heavy (non-hydrogen) atoms. The lowest BCUT2D eigenvalue weighted by Gasteiger charge is -2.29. The van der Waals surface area contributed by atoms with Gasteiger partial charge in [0.15, 0.2) is 0 Å². The molecule has 1 aliphatic heterocycles. The van der Waals surface area contributed by atoms with Crippen LogP contribution in [0.2, 0.25) is 0 Å². The summed E-state index contributed by atoms with van der Waals surface area (Å²) in [5.74, 6) is -0.147. The molecule has 0 radical (unpaired) electrons. The van der Waals surface area contributed by atoms with Gasteiger partial charge < -0.3 is 15.2 Å². The summed E-state index contributed by atoms with van der Waals surface area (Å²) in [7, 11) is 0. The molecule has 1 aliphatic carbocycles. The van der Waals surface area contributed by atoms with Crippen molar-refractivity contribution >= 4 is 11.9 Å². The molecule has 0 aromatic rings. The molecule has 132 valence electrons. The zero-order valence-corrected chi connectivity index (χ0v) is 14.3. The molecule has 2 rings (SSSR count). The molecule has 0 bridgehead atoms. The fourth-order valence-corrected chi connectivity index (χ4v) is 4.03. The van der Waals surface area contributed by atoms with Gasteiger partial charge in [0.1, 0.15) is 0 Å². The molecule has 1 amide bonds. The highest BCUT2D eigenvalue weighted by Crippen LogP contribution is 2.31. The summed E-state index contributed by atoms with van der Waals surface area (Å²) in [4.78, 5) is 23.7. The van der Waals surface area contributed by atoms with Gasteiger partial charge in [-0.2, -0.15) is 0 Å². The summed E-state index contributed by atoms with van der Waals surface area (Å²) in [5.41, 5.74) is 0. The first-order valence-corrected chi connectivity index (χ1v) is 9.15. The number of rotatable bonds is 7. The molecule has 0 aromatic carbocycles. The van der Waals surface area contributed by atoms with Crippen molar-refractivity contribution < 1.29 is 19.4 Å². The molecule has 0 spiro atoms. The van der Waals surface area contributed by atoms with Crippen LogP contribution in [0, 0.1) is 23.7 Å². The van der Waals surface area contributed by atoms with E-state index in [9.17, 15) is 14.7 Å². The molecule has 5 nitrogen and oxygen atoms in total.